The van der Waals surface area contributed by atoms with Crippen molar-refractivity contribution in [3.05, 3.63) is 23.8 Å². The van der Waals surface area contributed by atoms with E-state index in [9.17, 15) is 0 Å². The minimum absolute atomic E-state index is 0.261. The van der Waals surface area contributed by atoms with E-state index in [1.165, 1.54) is 11.8 Å². The quantitative estimate of drug-likeness (QED) is 0.514. The van der Waals surface area contributed by atoms with Crippen molar-refractivity contribution in [2.24, 2.45) is 0 Å². The van der Waals surface area contributed by atoms with Crippen LogP contribution in [0.15, 0.2) is 23.1 Å². The number of aliphatic hydroxyl groups excluding tert-OH is 2. The van der Waals surface area contributed by atoms with Crippen LogP contribution in [0.4, 0.5) is 5.69 Å². The monoisotopic (exact) mass is 224 g/mol. The molecule has 0 fully saturated rings. The van der Waals surface area contributed by atoms with Crippen LogP contribution in [0, 0.1) is 11.3 Å². The lowest BCUT2D eigenvalue weighted by atomic mass is 10.2. The zero-order chi connectivity index (χ0) is 11.3. The molecule has 0 bridgehead atoms. The number of nitrogens with zero attached hydrogens (tertiary/aromatic N) is 1. The second kappa shape index (κ2) is 5.61. The summed E-state index contributed by atoms with van der Waals surface area (Å²) in [5.41, 5.74) is 6.74. The second-order valence-electron chi connectivity index (χ2n) is 3.01. The highest BCUT2D eigenvalue weighted by Gasteiger charge is 2.06. The number of anilines is 1. The van der Waals surface area contributed by atoms with Gasteiger partial charge in [-0.3, -0.25) is 0 Å². The lowest BCUT2D eigenvalue weighted by Crippen LogP contribution is -2.14. The van der Waals surface area contributed by atoms with E-state index in [0.29, 0.717) is 17.0 Å². The molecule has 0 radical (unpaired) electrons. The van der Waals surface area contributed by atoms with Crippen molar-refractivity contribution in [2.45, 2.75) is 11.0 Å². The van der Waals surface area contributed by atoms with Crippen LogP contribution in [-0.4, -0.2) is 28.7 Å². The maximum Gasteiger partial charge on any atom is 0.0992 e. The third kappa shape index (κ3) is 3.44. The average Bonchev–Trinajstić information content (AvgIpc) is 2.26. The Morgan fingerprint density at radius 3 is 2.80 bits per heavy atom. The van der Waals surface area contributed by atoms with Crippen molar-refractivity contribution in [1.29, 1.82) is 5.26 Å². The van der Waals surface area contributed by atoms with Gasteiger partial charge in [0.25, 0.3) is 0 Å². The number of thioether (sulfide) groups is 1. The van der Waals surface area contributed by atoms with Gasteiger partial charge in [-0.2, -0.15) is 5.26 Å². The first kappa shape index (κ1) is 11.9. The highest BCUT2D eigenvalue weighted by molar-refractivity contribution is 7.99. The molecule has 1 rings (SSSR count). The van der Waals surface area contributed by atoms with Crippen molar-refractivity contribution < 1.29 is 10.2 Å². The molecular weight excluding hydrogens is 212 g/mol. The molecule has 4 N–H and O–H groups in total. The van der Waals surface area contributed by atoms with Crippen LogP contribution in [-0.2, 0) is 0 Å². The number of nitriles is 1. The van der Waals surface area contributed by atoms with Crippen LogP contribution in [0.25, 0.3) is 0 Å². The highest BCUT2D eigenvalue weighted by Crippen LogP contribution is 2.26. The van der Waals surface area contributed by atoms with E-state index >= 15 is 0 Å². The SMILES string of the molecule is N#Cc1ccc(SCC(O)CO)c(N)c1. The summed E-state index contributed by atoms with van der Waals surface area (Å²) in [6.07, 6.45) is -0.745. The minimum Gasteiger partial charge on any atom is -0.398 e. The first-order valence-corrected chi connectivity index (χ1v) is 5.37. The number of hydrogen-bond donors (Lipinski definition) is 3. The molecule has 0 aromatic heterocycles. The molecule has 4 nitrogen and oxygen atoms in total. The summed E-state index contributed by atoms with van der Waals surface area (Å²) < 4.78 is 0. The summed E-state index contributed by atoms with van der Waals surface area (Å²) >= 11 is 1.35. The fraction of sp³-hybridized carbons (Fsp3) is 0.300. The number of nitrogens with two attached hydrogens (primary N) is 1. The van der Waals surface area contributed by atoms with Crippen LogP contribution in [0.5, 0.6) is 0 Å². The molecule has 80 valence electrons. The zero-order valence-corrected chi connectivity index (χ0v) is 8.87. The number of benzene rings is 1. The topological polar surface area (TPSA) is 90.3 Å². The van der Waals surface area contributed by atoms with Gasteiger partial charge in [0.2, 0.25) is 0 Å². The van der Waals surface area contributed by atoms with E-state index < -0.39 is 6.10 Å². The molecule has 0 heterocycles. The molecule has 0 aliphatic carbocycles. The molecule has 1 atom stereocenters. The van der Waals surface area contributed by atoms with E-state index in [0.717, 1.165) is 4.90 Å². The lowest BCUT2D eigenvalue weighted by molar-refractivity contribution is 0.113. The fourth-order valence-electron chi connectivity index (χ4n) is 0.988. The van der Waals surface area contributed by atoms with Crippen LogP contribution in [0.1, 0.15) is 5.56 Å². The predicted octanol–water partition coefficient (Wildman–Crippen LogP) is 0.586. The molecule has 0 saturated heterocycles. The normalized spacial score (nSPS) is 12.1. The van der Waals surface area contributed by atoms with Gasteiger partial charge >= 0.3 is 0 Å². The van der Waals surface area contributed by atoms with E-state index in [-0.39, 0.29) is 6.61 Å². The Bertz CT molecular complexity index is 376. The highest BCUT2D eigenvalue weighted by atomic mass is 32.2. The maximum absolute atomic E-state index is 9.15. The van der Waals surface area contributed by atoms with Gasteiger partial charge in [-0.25, -0.2) is 0 Å². The molecule has 1 unspecified atom stereocenters. The van der Waals surface area contributed by atoms with Gasteiger partial charge in [0.15, 0.2) is 0 Å². The third-order valence-electron chi connectivity index (χ3n) is 1.78. The Hall–Kier alpha value is -1.22. The molecule has 5 heteroatoms. The van der Waals surface area contributed by atoms with Crippen molar-refractivity contribution in [3.8, 4) is 6.07 Å². The maximum atomic E-state index is 9.15. The van der Waals surface area contributed by atoms with Gasteiger partial charge in [-0.15, -0.1) is 11.8 Å². The van der Waals surface area contributed by atoms with Gasteiger partial charge in [-0.05, 0) is 18.2 Å². The summed E-state index contributed by atoms with van der Waals surface area (Å²) in [7, 11) is 0. The summed E-state index contributed by atoms with van der Waals surface area (Å²) in [6.45, 7) is -0.261. The average molecular weight is 224 g/mol. The first-order valence-electron chi connectivity index (χ1n) is 4.38. The van der Waals surface area contributed by atoms with E-state index in [1.54, 1.807) is 18.2 Å². The Kier molecular flexibility index (Phi) is 4.43. The molecule has 15 heavy (non-hydrogen) atoms. The first-order chi connectivity index (χ1) is 7.17. The number of rotatable bonds is 4. The standard InChI is InChI=1S/C10H12N2O2S/c11-4-7-1-2-10(9(12)3-7)15-6-8(14)5-13/h1-3,8,13-14H,5-6,12H2. The van der Waals surface area contributed by atoms with Crippen molar-refractivity contribution in [3.63, 3.8) is 0 Å². The smallest absolute Gasteiger partial charge is 0.0992 e. The summed E-state index contributed by atoms with van der Waals surface area (Å²) in [5.74, 6) is 0.382. The molecule has 1 aromatic carbocycles. The molecular formula is C10H12N2O2S. The van der Waals surface area contributed by atoms with Gasteiger partial charge in [0.1, 0.15) is 0 Å². The Morgan fingerprint density at radius 1 is 1.53 bits per heavy atom. The second-order valence-corrected chi connectivity index (χ2v) is 4.07. The van der Waals surface area contributed by atoms with E-state index in [2.05, 4.69) is 0 Å². The Morgan fingerprint density at radius 2 is 2.27 bits per heavy atom. The van der Waals surface area contributed by atoms with Gasteiger partial charge in [0.05, 0.1) is 24.3 Å². The summed E-state index contributed by atoms with van der Waals surface area (Å²) in [5, 5.41) is 26.4. The van der Waals surface area contributed by atoms with Crippen molar-refractivity contribution in [2.75, 3.05) is 18.1 Å². The molecule has 0 aliphatic heterocycles. The number of aliphatic hydroxyl groups is 2. The molecule has 0 spiro atoms. The number of hydrogen-bond acceptors (Lipinski definition) is 5. The Labute approximate surface area is 92.3 Å². The van der Waals surface area contributed by atoms with Crippen LogP contribution in [0.3, 0.4) is 0 Å². The van der Waals surface area contributed by atoms with Gasteiger partial charge < -0.3 is 15.9 Å². The molecule has 0 aliphatic rings. The summed E-state index contributed by atoms with van der Waals surface area (Å²) in [6, 6.07) is 6.99. The minimum atomic E-state index is -0.745. The predicted molar refractivity (Wildman–Crippen MR) is 59.4 cm³/mol. The van der Waals surface area contributed by atoms with Crippen molar-refractivity contribution >= 4 is 17.4 Å². The van der Waals surface area contributed by atoms with E-state index in [4.69, 9.17) is 21.2 Å². The van der Waals surface area contributed by atoms with E-state index in [1.807, 2.05) is 6.07 Å². The summed E-state index contributed by atoms with van der Waals surface area (Å²) in [4.78, 5) is 0.807. The van der Waals surface area contributed by atoms with Crippen LogP contribution >= 0.6 is 11.8 Å². The van der Waals surface area contributed by atoms with Gasteiger partial charge in [-0.1, -0.05) is 0 Å². The van der Waals surface area contributed by atoms with Crippen molar-refractivity contribution in [1.82, 2.24) is 0 Å². The Balaban J connectivity index is 2.67. The number of nitrogen functional groups attached to an aromatic ring is 1. The zero-order valence-electron chi connectivity index (χ0n) is 8.05. The van der Waals surface area contributed by atoms with Crippen LogP contribution < -0.4 is 5.73 Å². The molecule has 0 amide bonds. The van der Waals surface area contributed by atoms with Crippen LogP contribution in [0.2, 0.25) is 0 Å². The molecule has 0 saturated carbocycles. The molecule has 1 aromatic rings. The lowest BCUT2D eigenvalue weighted by Gasteiger charge is -2.08. The fourth-order valence-corrected chi connectivity index (χ4v) is 1.86. The largest absolute Gasteiger partial charge is 0.398 e. The van der Waals surface area contributed by atoms with Gasteiger partial charge in [0, 0.05) is 16.3 Å². The third-order valence-corrected chi connectivity index (χ3v) is 3.02.